The van der Waals surface area contributed by atoms with Gasteiger partial charge < -0.3 is 20.8 Å². The normalized spacial score (nSPS) is 10.5. The average Bonchev–Trinajstić information content (AvgIpc) is 2.77. The number of hydrogen-bond donors (Lipinski definition) is 3. The molecular formula is C11H21N5O2. The molecule has 7 heteroatoms. The minimum absolute atomic E-state index is 0.267. The molecule has 0 saturated carbocycles. The summed E-state index contributed by atoms with van der Waals surface area (Å²) in [5.41, 5.74) is 5.04. The number of rotatable bonds is 10. The molecule has 0 aliphatic rings. The largest absolute Gasteiger partial charge is 0.407 e. The molecule has 102 valence electrons. The van der Waals surface area contributed by atoms with Gasteiger partial charge in [0.15, 0.2) is 0 Å². The van der Waals surface area contributed by atoms with Crippen molar-refractivity contribution < 1.29 is 9.21 Å². The summed E-state index contributed by atoms with van der Waals surface area (Å²) >= 11 is 0. The molecule has 0 atom stereocenters. The van der Waals surface area contributed by atoms with Crippen molar-refractivity contribution in [2.45, 2.75) is 39.2 Å². The molecule has 1 rings (SSSR count). The molecule has 0 saturated heterocycles. The highest BCUT2D eigenvalue weighted by Gasteiger charge is 2.04. The van der Waals surface area contributed by atoms with Crippen LogP contribution in [0.15, 0.2) is 4.42 Å². The van der Waals surface area contributed by atoms with Crippen LogP contribution in [0, 0.1) is 0 Å². The number of nitrogens with two attached hydrogens (primary N) is 1. The fourth-order valence-electron chi connectivity index (χ4n) is 1.39. The van der Waals surface area contributed by atoms with Crippen LogP contribution in [-0.2, 0) is 11.3 Å². The molecule has 1 aromatic rings. The Morgan fingerprint density at radius 3 is 2.89 bits per heavy atom. The van der Waals surface area contributed by atoms with Crippen molar-refractivity contribution in [3.63, 3.8) is 0 Å². The van der Waals surface area contributed by atoms with Gasteiger partial charge in [-0.05, 0) is 25.8 Å². The van der Waals surface area contributed by atoms with E-state index in [4.69, 9.17) is 10.2 Å². The molecule has 0 fully saturated rings. The highest BCUT2D eigenvalue weighted by atomic mass is 16.4. The SMILES string of the molecule is CCCNCc1nnc(NCCCCC(N)=O)o1. The van der Waals surface area contributed by atoms with Crippen LogP contribution in [0.25, 0.3) is 0 Å². The van der Waals surface area contributed by atoms with Gasteiger partial charge in [-0.3, -0.25) is 4.79 Å². The third kappa shape index (κ3) is 6.19. The van der Waals surface area contributed by atoms with Crippen molar-refractivity contribution in [2.24, 2.45) is 5.73 Å². The van der Waals surface area contributed by atoms with E-state index in [0.29, 0.717) is 31.4 Å². The minimum atomic E-state index is -0.267. The number of nitrogens with one attached hydrogen (secondary N) is 2. The Labute approximate surface area is 107 Å². The number of anilines is 1. The van der Waals surface area contributed by atoms with E-state index < -0.39 is 0 Å². The summed E-state index contributed by atoms with van der Waals surface area (Å²) in [4.78, 5) is 10.5. The van der Waals surface area contributed by atoms with Crippen LogP contribution < -0.4 is 16.4 Å². The molecule has 7 nitrogen and oxygen atoms in total. The Kier molecular flexibility index (Phi) is 6.78. The fourth-order valence-corrected chi connectivity index (χ4v) is 1.39. The number of unbranched alkanes of at least 4 members (excludes halogenated alkanes) is 1. The lowest BCUT2D eigenvalue weighted by atomic mass is 10.2. The number of carbonyl (C=O) groups excluding carboxylic acids is 1. The molecule has 1 aromatic heterocycles. The summed E-state index contributed by atoms with van der Waals surface area (Å²) in [6.45, 7) is 4.31. The second-order valence-corrected chi connectivity index (χ2v) is 4.03. The van der Waals surface area contributed by atoms with Crippen LogP contribution in [-0.4, -0.2) is 29.2 Å². The quantitative estimate of drug-likeness (QED) is 0.530. The smallest absolute Gasteiger partial charge is 0.315 e. The number of primary amides is 1. The predicted octanol–water partition coefficient (Wildman–Crippen LogP) is 0.637. The Morgan fingerprint density at radius 1 is 1.33 bits per heavy atom. The zero-order valence-electron chi connectivity index (χ0n) is 10.7. The van der Waals surface area contributed by atoms with Crippen LogP contribution in [0.1, 0.15) is 38.5 Å². The first-order valence-electron chi connectivity index (χ1n) is 6.27. The van der Waals surface area contributed by atoms with E-state index >= 15 is 0 Å². The van der Waals surface area contributed by atoms with Crippen molar-refractivity contribution in [1.82, 2.24) is 15.5 Å². The van der Waals surface area contributed by atoms with Crippen LogP contribution >= 0.6 is 0 Å². The van der Waals surface area contributed by atoms with Gasteiger partial charge >= 0.3 is 6.01 Å². The lowest BCUT2D eigenvalue weighted by molar-refractivity contribution is -0.118. The first-order chi connectivity index (χ1) is 8.72. The van der Waals surface area contributed by atoms with Gasteiger partial charge in [0, 0.05) is 13.0 Å². The zero-order chi connectivity index (χ0) is 13.2. The molecular weight excluding hydrogens is 234 g/mol. The Bertz CT molecular complexity index is 353. The molecule has 0 aliphatic carbocycles. The zero-order valence-corrected chi connectivity index (χ0v) is 10.7. The lowest BCUT2D eigenvalue weighted by Crippen LogP contribution is -2.13. The molecule has 0 unspecified atom stereocenters. The Hall–Kier alpha value is -1.63. The second-order valence-electron chi connectivity index (χ2n) is 4.03. The first kappa shape index (κ1) is 14.4. The number of amides is 1. The minimum Gasteiger partial charge on any atom is -0.407 e. The Morgan fingerprint density at radius 2 is 2.17 bits per heavy atom. The van der Waals surface area contributed by atoms with Crippen molar-refractivity contribution in [1.29, 1.82) is 0 Å². The van der Waals surface area contributed by atoms with E-state index in [2.05, 4.69) is 27.8 Å². The van der Waals surface area contributed by atoms with E-state index in [1.165, 1.54) is 0 Å². The molecule has 0 bridgehead atoms. The first-order valence-corrected chi connectivity index (χ1v) is 6.27. The van der Waals surface area contributed by atoms with Crippen molar-refractivity contribution >= 4 is 11.9 Å². The Balaban J connectivity index is 2.13. The van der Waals surface area contributed by atoms with Gasteiger partial charge in [0.2, 0.25) is 11.8 Å². The van der Waals surface area contributed by atoms with E-state index in [9.17, 15) is 4.79 Å². The highest BCUT2D eigenvalue weighted by molar-refractivity contribution is 5.73. The standard InChI is InChI=1S/C11H21N5O2/c1-2-6-13-8-10-15-16-11(18-10)14-7-4-3-5-9(12)17/h13H,2-8H2,1H3,(H2,12,17)(H,14,16). The summed E-state index contributed by atoms with van der Waals surface area (Å²) in [5, 5.41) is 14.0. The average molecular weight is 255 g/mol. The van der Waals surface area contributed by atoms with Gasteiger partial charge in [-0.15, -0.1) is 5.10 Å². The van der Waals surface area contributed by atoms with Crippen molar-refractivity contribution in [3.05, 3.63) is 5.89 Å². The van der Waals surface area contributed by atoms with Gasteiger partial charge in [-0.25, -0.2) is 0 Å². The van der Waals surface area contributed by atoms with Crippen LogP contribution in [0.3, 0.4) is 0 Å². The summed E-state index contributed by atoms with van der Waals surface area (Å²) in [7, 11) is 0. The highest BCUT2D eigenvalue weighted by Crippen LogP contribution is 2.05. The summed E-state index contributed by atoms with van der Waals surface area (Å²) in [5.74, 6) is 0.306. The van der Waals surface area contributed by atoms with Gasteiger partial charge in [0.1, 0.15) is 0 Å². The fraction of sp³-hybridized carbons (Fsp3) is 0.727. The van der Waals surface area contributed by atoms with E-state index in [-0.39, 0.29) is 5.91 Å². The molecule has 0 spiro atoms. The lowest BCUT2D eigenvalue weighted by Gasteiger charge is -2.00. The van der Waals surface area contributed by atoms with Gasteiger partial charge in [-0.1, -0.05) is 12.0 Å². The second kappa shape index (κ2) is 8.46. The molecule has 0 aromatic carbocycles. The maximum Gasteiger partial charge on any atom is 0.315 e. The van der Waals surface area contributed by atoms with Crippen molar-refractivity contribution in [3.8, 4) is 0 Å². The van der Waals surface area contributed by atoms with E-state index in [0.717, 1.165) is 25.8 Å². The van der Waals surface area contributed by atoms with E-state index in [1.807, 2.05) is 0 Å². The molecule has 1 heterocycles. The van der Waals surface area contributed by atoms with Crippen LogP contribution in [0.4, 0.5) is 6.01 Å². The summed E-state index contributed by atoms with van der Waals surface area (Å²) in [6, 6.07) is 0.419. The third-order valence-electron chi connectivity index (χ3n) is 2.30. The number of aromatic nitrogens is 2. The third-order valence-corrected chi connectivity index (χ3v) is 2.30. The number of carbonyl (C=O) groups is 1. The van der Waals surface area contributed by atoms with E-state index in [1.54, 1.807) is 0 Å². The number of nitrogens with zero attached hydrogens (tertiary/aromatic N) is 2. The predicted molar refractivity (Wildman–Crippen MR) is 67.8 cm³/mol. The molecule has 18 heavy (non-hydrogen) atoms. The van der Waals surface area contributed by atoms with Gasteiger partial charge in [0.05, 0.1) is 6.54 Å². The number of hydrogen-bond acceptors (Lipinski definition) is 6. The topological polar surface area (TPSA) is 106 Å². The summed E-state index contributed by atoms with van der Waals surface area (Å²) in [6.07, 6.45) is 3.09. The maximum absolute atomic E-state index is 10.5. The molecule has 0 aliphatic heterocycles. The van der Waals surface area contributed by atoms with Crippen LogP contribution in [0.5, 0.6) is 0 Å². The molecule has 4 N–H and O–H groups in total. The van der Waals surface area contributed by atoms with Gasteiger partial charge in [0.25, 0.3) is 0 Å². The van der Waals surface area contributed by atoms with Crippen LogP contribution in [0.2, 0.25) is 0 Å². The molecule has 0 radical (unpaired) electrons. The monoisotopic (exact) mass is 255 g/mol. The maximum atomic E-state index is 10.5. The molecule has 1 amide bonds. The summed E-state index contributed by atoms with van der Waals surface area (Å²) < 4.78 is 5.37. The van der Waals surface area contributed by atoms with Gasteiger partial charge in [-0.2, -0.15) is 0 Å². The van der Waals surface area contributed by atoms with Crippen molar-refractivity contribution in [2.75, 3.05) is 18.4 Å².